The van der Waals surface area contributed by atoms with Crippen molar-refractivity contribution in [2.24, 2.45) is 5.41 Å². The van der Waals surface area contributed by atoms with E-state index in [-0.39, 0.29) is 5.41 Å². The Morgan fingerprint density at radius 1 is 1.14 bits per heavy atom. The summed E-state index contributed by atoms with van der Waals surface area (Å²) in [5, 5.41) is 3.50. The summed E-state index contributed by atoms with van der Waals surface area (Å²) < 4.78 is 16.0. The lowest BCUT2D eigenvalue weighted by Gasteiger charge is -2.24. The molecular weight excluding hydrogens is 266 g/mol. The summed E-state index contributed by atoms with van der Waals surface area (Å²) in [5.41, 5.74) is 1.42. The Morgan fingerprint density at radius 3 is 2.52 bits per heavy atom. The van der Waals surface area contributed by atoms with Crippen molar-refractivity contribution in [3.63, 3.8) is 0 Å². The monoisotopic (exact) mass is 295 g/mol. The lowest BCUT2D eigenvalue weighted by atomic mass is 9.89. The Bertz CT molecular complexity index is 418. The molecule has 0 unspecified atom stereocenters. The Balaban J connectivity index is 2.52. The molecule has 0 amide bonds. The first-order valence-corrected chi connectivity index (χ1v) is 7.52. The standard InChI is InChI=1S/C17H29NO3/c1-6-21-15-8-7-14(11-16(15)20-5)12-18-13-17(2,3)9-10-19-4/h7-8,11,18H,6,9-10,12-13H2,1-5H3. The van der Waals surface area contributed by atoms with E-state index in [1.54, 1.807) is 14.2 Å². The number of benzene rings is 1. The van der Waals surface area contributed by atoms with E-state index < -0.39 is 0 Å². The smallest absolute Gasteiger partial charge is 0.161 e. The van der Waals surface area contributed by atoms with Gasteiger partial charge in [-0.3, -0.25) is 0 Å². The molecule has 1 N–H and O–H groups in total. The van der Waals surface area contributed by atoms with Gasteiger partial charge in [0.15, 0.2) is 11.5 Å². The Labute approximate surface area is 128 Å². The SMILES string of the molecule is CCOc1ccc(CNCC(C)(C)CCOC)cc1OC. The van der Waals surface area contributed by atoms with Crippen LogP contribution in [-0.4, -0.2) is 34.0 Å². The molecule has 4 nitrogen and oxygen atoms in total. The quantitative estimate of drug-likeness (QED) is 0.719. The summed E-state index contributed by atoms with van der Waals surface area (Å²) in [6, 6.07) is 6.07. The summed E-state index contributed by atoms with van der Waals surface area (Å²) in [5.74, 6) is 1.58. The van der Waals surface area contributed by atoms with E-state index in [9.17, 15) is 0 Å². The van der Waals surface area contributed by atoms with Gasteiger partial charge in [-0.05, 0) is 36.5 Å². The first kappa shape index (κ1) is 17.8. The molecule has 0 spiro atoms. The second-order valence-electron chi connectivity index (χ2n) is 5.93. The molecule has 0 atom stereocenters. The van der Waals surface area contributed by atoms with E-state index in [0.717, 1.165) is 37.6 Å². The number of hydrogen-bond donors (Lipinski definition) is 1. The van der Waals surface area contributed by atoms with Gasteiger partial charge < -0.3 is 19.5 Å². The van der Waals surface area contributed by atoms with Gasteiger partial charge in [-0.1, -0.05) is 19.9 Å². The molecule has 0 aliphatic rings. The van der Waals surface area contributed by atoms with Gasteiger partial charge in [-0.15, -0.1) is 0 Å². The van der Waals surface area contributed by atoms with Crippen molar-refractivity contribution in [1.82, 2.24) is 5.32 Å². The topological polar surface area (TPSA) is 39.7 Å². The van der Waals surface area contributed by atoms with Crippen LogP contribution in [0.4, 0.5) is 0 Å². The van der Waals surface area contributed by atoms with Crippen LogP contribution < -0.4 is 14.8 Å². The predicted molar refractivity (Wildman–Crippen MR) is 86.1 cm³/mol. The van der Waals surface area contributed by atoms with Gasteiger partial charge in [0.25, 0.3) is 0 Å². The normalized spacial score (nSPS) is 11.5. The Kier molecular flexibility index (Phi) is 7.54. The average molecular weight is 295 g/mol. The van der Waals surface area contributed by atoms with Crippen LogP contribution in [0.15, 0.2) is 18.2 Å². The summed E-state index contributed by atoms with van der Waals surface area (Å²) in [4.78, 5) is 0. The van der Waals surface area contributed by atoms with Crippen molar-refractivity contribution in [3.05, 3.63) is 23.8 Å². The molecule has 0 saturated carbocycles. The van der Waals surface area contributed by atoms with Gasteiger partial charge >= 0.3 is 0 Å². The number of methoxy groups -OCH3 is 2. The zero-order valence-corrected chi connectivity index (χ0v) is 14.0. The zero-order valence-electron chi connectivity index (χ0n) is 14.0. The lowest BCUT2D eigenvalue weighted by molar-refractivity contribution is 0.150. The van der Waals surface area contributed by atoms with Crippen LogP contribution in [0.5, 0.6) is 11.5 Å². The van der Waals surface area contributed by atoms with Crippen LogP contribution >= 0.6 is 0 Å². The highest BCUT2D eigenvalue weighted by Crippen LogP contribution is 2.28. The molecule has 1 rings (SSSR count). The van der Waals surface area contributed by atoms with Crippen molar-refractivity contribution >= 4 is 0 Å². The first-order valence-electron chi connectivity index (χ1n) is 7.52. The summed E-state index contributed by atoms with van der Waals surface area (Å²) in [7, 11) is 3.42. The van der Waals surface area contributed by atoms with Gasteiger partial charge in [0.1, 0.15) is 0 Å². The molecule has 0 bridgehead atoms. The molecule has 0 aromatic heterocycles. The molecule has 4 heteroatoms. The van der Waals surface area contributed by atoms with Gasteiger partial charge in [0.05, 0.1) is 13.7 Å². The fourth-order valence-corrected chi connectivity index (χ4v) is 2.11. The van der Waals surface area contributed by atoms with E-state index in [0.29, 0.717) is 6.61 Å². The lowest BCUT2D eigenvalue weighted by Crippen LogP contribution is -2.30. The molecule has 0 aliphatic carbocycles. The molecule has 120 valence electrons. The molecule has 0 fully saturated rings. The zero-order chi connectivity index (χ0) is 15.7. The minimum absolute atomic E-state index is 0.228. The first-order chi connectivity index (χ1) is 10.0. The maximum atomic E-state index is 5.53. The molecule has 21 heavy (non-hydrogen) atoms. The highest BCUT2D eigenvalue weighted by molar-refractivity contribution is 5.42. The van der Waals surface area contributed by atoms with Gasteiger partial charge in [-0.25, -0.2) is 0 Å². The molecule has 0 saturated heterocycles. The third-order valence-corrected chi connectivity index (χ3v) is 3.44. The third-order valence-electron chi connectivity index (χ3n) is 3.44. The fraction of sp³-hybridized carbons (Fsp3) is 0.647. The van der Waals surface area contributed by atoms with Crippen LogP contribution in [0.25, 0.3) is 0 Å². The van der Waals surface area contributed by atoms with Crippen LogP contribution in [-0.2, 0) is 11.3 Å². The van der Waals surface area contributed by atoms with E-state index in [1.807, 2.05) is 19.1 Å². The van der Waals surface area contributed by atoms with Gasteiger partial charge in [0.2, 0.25) is 0 Å². The van der Waals surface area contributed by atoms with Gasteiger partial charge in [-0.2, -0.15) is 0 Å². The van der Waals surface area contributed by atoms with Crippen molar-refractivity contribution in [3.8, 4) is 11.5 Å². The Hall–Kier alpha value is -1.26. The number of ether oxygens (including phenoxy) is 3. The van der Waals surface area contributed by atoms with E-state index in [4.69, 9.17) is 14.2 Å². The largest absolute Gasteiger partial charge is 0.493 e. The number of nitrogens with one attached hydrogen (secondary N) is 1. The predicted octanol–water partition coefficient (Wildman–Crippen LogP) is 3.25. The van der Waals surface area contributed by atoms with Crippen molar-refractivity contribution in [1.29, 1.82) is 0 Å². The second kappa shape index (κ2) is 8.90. The minimum atomic E-state index is 0.228. The van der Waals surface area contributed by atoms with E-state index in [2.05, 4.69) is 25.2 Å². The second-order valence-corrected chi connectivity index (χ2v) is 5.93. The summed E-state index contributed by atoms with van der Waals surface area (Å²) in [6.07, 6.45) is 1.04. The van der Waals surface area contributed by atoms with E-state index >= 15 is 0 Å². The third kappa shape index (κ3) is 6.36. The van der Waals surface area contributed by atoms with Crippen LogP contribution in [0, 0.1) is 5.41 Å². The van der Waals surface area contributed by atoms with E-state index in [1.165, 1.54) is 5.56 Å². The minimum Gasteiger partial charge on any atom is -0.493 e. The highest BCUT2D eigenvalue weighted by atomic mass is 16.5. The van der Waals surface area contributed by atoms with Crippen molar-refractivity contribution in [2.45, 2.75) is 33.7 Å². The van der Waals surface area contributed by atoms with Crippen molar-refractivity contribution in [2.75, 3.05) is 34.0 Å². The molecule has 1 aromatic rings. The average Bonchev–Trinajstić information content (AvgIpc) is 2.46. The maximum Gasteiger partial charge on any atom is 0.161 e. The van der Waals surface area contributed by atoms with Gasteiger partial charge in [0, 0.05) is 26.8 Å². The molecular formula is C17H29NO3. The highest BCUT2D eigenvalue weighted by Gasteiger charge is 2.16. The molecule has 0 heterocycles. The number of rotatable bonds is 10. The summed E-state index contributed by atoms with van der Waals surface area (Å²) in [6.45, 7) is 9.67. The summed E-state index contributed by atoms with van der Waals surface area (Å²) >= 11 is 0. The van der Waals surface area contributed by atoms with Crippen molar-refractivity contribution < 1.29 is 14.2 Å². The Morgan fingerprint density at radius 2 is 1.90 bits per heavy atom. The van der Waals surface area contributed by atoms with Crippen LogP contribution in [0.2, 0.25) is 0 Å². The molecule has 0 radical (unpaired) electrons. The maximum absolute atomic E-state index is 5.53. The molecule has 0 aliphatic heterocycles. The molecule has 1 aromatic carbocycles. The number of hydrogen-bond acceptors (Lipinski definition) is 4. The fourth-order valence-electron chi connectivity index (χ4n) is 2.11. The van der Waals surface area contributed by atoms with Crippen LogP contribution in [0.1, 0.15) is 32.8 Å². The van der Waals surface area contributed by atoms with Crippen LogP contribution in [0.3, 0.4) is 0 Å².